The average Bonchev–Trinajstić information content (AvgIpc) is 3.06. The molecule has 6 rings (SSSR count). The average molecular weight is 753 g/mol. The third kappa shape index (κ3) is 9.46. The molecule has 0 aliphatic heterocycles. The fourth-order valence-corrected chi connectivity index (χ4v) is 7.10. The Labute approximate surface area is 339 Å². The Balaban J connectivity index is 0.00000252. The molecular formula is C32H19Li3N4O11S3. The third-order valence-electron chi connectivity index (χ3n) is 7.46. The maximum Gasteiger partial charge on any atom is 1.00 e. The molecule has 0 radical (unpaired) electrons. The van der Waals surface area contributed by atoms with Crippen LogP contribution in [-0.2, 0) is 35.1 Å². The molecule has 0 saturated carbocycles. The number of allylic oxidation sites excluding steroid dienone is 2. The Morgan fingerprint density at radius 2 is 1.09 bits per heavy atom. The van der Waals surface area contributed by atoms with Crippen molar-refractivity contribution in [2.75, 3.05) is 10.9 Å². The molecule has 0 bridgehead atoms. The van der Waals surface area contributed by atoms with Gasteiger partial charge < -0.3 is 13.7 Å². The minimum Gasteiger partial charge on any atom is -0.744 e. The minimum atomic E-state index is -5.59. The van der Waals surface area contributed by atoms with Gasteiger partial charge in [-0.2, -0.15) is 10.2 Å². The second kappa shape index (κ2) is 16.7. The number of Topliss-reactive ketones (excluding diaryl/α,β-unsaturated/α-hetero) is 1. The number of hydrogen-bond donors (Lipinski definition) is 2. The molecule has 15 nitrogen and oxygen atoms in total. The zero-order valence-corrected chi connectivity index (χ0v) is 30.4. The van der Waals surface area contributed by atoms with Crippen LogP contribution in [0.5, 0.6) is 0 Å². The van der Waals surface area contributed by atoms with Gasteiger partial charge in [0.25, 0.3) is 0 Å². The van der Waals surface area contributed by atoms with Gasteiger partial charge in [0.15, 0.2) is 0 Å². The van der Waals surface area contributed by atoms with Crippen LogP contribution in [0.25, 0.3) is 23.3 Å². The Kier molecular flexibility index (Phi) is 13.7. The normalized spacial score (nSPS) is 15.3. The SMILES string of the molecule is O=C1C=Cc2ccccc2/C1=N\Nc1ccc(-c2ccc(N/N=C3/C(=O)c4c(cc(S(=O)(=O)[O-])cc4S(=O)(=O)[O-])C=C3S(=O)(=O)[O-])cc2)cc1.[Li+].[Li+].[Li+]. The molecular weight excluding hydrogens is 733 g/mol. The van der Waals surface area contributed by atoms with E-state index in [9.17, 15) is 48.5 Å². The maximum atomic E-state index is 13.3. The Morgan fingerprint density at radius 3 is 1.60 bits per heavy atom. The van der Waals surface area contributed by atoms with E-state index in [1.807, 2.05) is 18.2 Å². The van der Waals surface area contributed by atoms with Gasteiger partial charge in [-0.05, 0) is 70.8 Å². The standard InChI is InChI=1S/C32H22N4O11S3.3Li/c37-26-14-9-20-3-1-2-4-25(20)30(26)35-33-22-10-5-18(6-11-22)19-7-12-23(13-8-19)34-36-31-28(50(45,46)47)16-21-15-24(48(39,40)41)17-27(49(42,43)44)29(21)32(31)38;;;/h1-17,33-34H,(H,39,40,41)(H,42,43,44)(H,45,46,47);;;/q;3*+1/p-3/b35-30+,36-31+;;;. The first-order chi connectivity index (χ1) is 23.5. The van der Waals surface area contributed by atoms with Gasteiger partial charge >= 0.3 is 56.6 Å². The van der Waals surface area contributed by atoms with Crippen LogP contribution in [0.4, 0.5) is 11.4 Å². The first-order valence-corrected chi connectivity index (χ1v) is 18.3. The van der Waals surface area contributed by atoms with Crippen molar-refractivity contribution in [2.45, 2.75) is 9.79 Å². The van der Waals surface area contributed by atoms with E-state index in [4.69, 9.17) is 0 Å². The van der Waals surface area contributed by atoms with Crippen LogP contribution in [0, 0.1) is 0 Å². The van der Waals surface area contributed by atoms with Crippen LogP contribution in [0.15, 0.2) is 116 Å². The van der Waals surface area contributed by atoms with E-state index in [0.29, 0.717) is 29.0 Å². The Hall–Kier alpha value is -3.84. The molecule has 0 heterocycles. The number of nitrogens with zero attached hydrogens (tertiary/aromatic N) is 2. The summed E-state index contributed by atoms with van der Waals surface area (Å²) in [5, 5.41) is 8.01. The van der Waals surface area contributed by atoms with Crippen LogP contribution in [0.3, 0.4) is 0 Å². The minimum absolute atomic E-state index is 0. The number of carbonyl (C=O) groups is 2. The molecule has 2 aliphatic carbocycles. The van der Waals surface area contributed by atoms with Crippen molar-refractivity contribution in [1.82, 2.24) is 0 Å². The van der Waals surface area contributed by atoms with Crippen molar-refractivity contribution < 1.29 is 105 Å². The summed E-state index contributed by atoms with van der Waals surface area (Å²) < 4.78 is 107. The zero-order chi connectivity index (χ0) is 36.0. The quantitative estimate of drug-likeness (QED) is 0.0968. The molecule has 53 heavy (non-hydrogen) atoms. The van der Waals surface area contributed by atoms with Crippen LogP contribution < -0.4 is 67.4 Å². The van der Waals surface area contributed by atoms with E-state index in [2.05, 4.69) is 21.1 Å². The first-order valence-electron chi connectivity index (χ1n) is 14.0. The fraction of sp³-hybridized carbons (Fsp3) is 0. The van der Waals surface area contributed by atoms with Crippen molar-refractivity contribution in [2.24, 2.45) is 10.2 Å². The van der Waals surface area contributed by atoms with E-state index in [1.54, 1.807) is 48.5 Å². The topological polar surface area (TPSA) is 255 Å². The summed E-state index contributed by atoms with van der Waals surface area (Å²) >= 11 is 0. The molecule has 254 valence electrons. The summed E-state index contributed by atoms with van der Waals surface area (Å²) in [4.78, 5) is 21.8. The number of ketones is 2. The van der Waals surface area contributed by atoms with Gasteiger partial charge in [-0.15, -0.1) is 0 Å². The van der Waals surface area contributed by atoms with Crippen molar-refractivity contribution in [3.05, 3.63) is 118 Å². The van der Waals surface area contributed by atoms with Crippen molar-refractivity contribution >= 4 is 76.9 Å². The molecule has 0 atom stereocenters. The Bertz CT molecular complexity index is 2590. The van der Waals surface area contributed by atoms with Gasteiger partial charge in [0.2, 0.25) is 11.6 Å². The van der Waals surface area contributed by atoms with Crippen molar-refractivity contribution in [3.8, 4) is 11.1 Å². The molecule has 0 saturated heterocycles. The largest absolute Gasteiger partial charge is 1.00 e. The smallest absolute Gasteiger partial charge is 0.744 e. The van der Waals surface area contributed by atoms with Gasteiger partial charge in [0.1, 0.15) is 41.8 Å². The zero-order valence-electron chi connectivity index (χ0n) is 27.9. The molecule has 0 unspecified atom stereocenters. The van der Waals surface area contributed by atoms with Crippen molar-refractivity contribution in [1.29, 1.82) is 0 Å². The van der Waals surface area contributed by atoms with E-state index in [0.717, 1.165) is 11.1 Å². The summed E-state index contributed by atoms with van der Waals surface area (Å²) in [7, 11) is -16.5. The predicted octanol–water partition coefficient (Wildman–Crippen LogP) is -5.86. The molecule has 0 amide bonds. The molecule has 0 spiro atoms. The molecule has 0 aromatic heterocycles. The number of rotatable bonds is 8. The monoisotopic (exact) mass is 752 g/mol. The van der Waals surface area contributed by atoms with Gasteiger partial charge in [-0.1, -0.05) is 54.6 Å². The first kappa shape index (κ1) is 43.6. The van der Waals surface area contributed by atoms with Gasteiger partial charge in [0.05, 0.1) is 26.1 Å². The van der Waals surface area contributed by atoms with E-state index in [-0.39, 0.29) is 79.8 Å². The molecule has 4 aromatic rings. The summed E-state index contributed by atoms with van der Waals surface area (Å²) in [5.41, 5.74) is 6.59. The van der Waals surface area contributed by atoms with Gasteiger partial charge in [-0.25, -0.2) is 25.3 Å². The van der Waals surface area contributed by atoms with Gasteiger partial charge in [0, 0.05) is 11.1 Å². The number of fused-ring (bicyclic) bond motifs is 2. The van der Waals surface area contributed by atoms with Gasteiger partial charge in [-0.3, -0.25) is 20.4 Å². The van der Waals surface area contributed by atoms with E-state index >= 15 is 0 Å². The second-order valence-electron chi connectivity index (χ2n) is 10.7. The fourth-order valence-electron chi connectivity index (χ4n) is 5.11. The molecule has 0 fully saturated rings. The third-order valence-corrected chi connectivity index (χ3v) is 9.98. The second-order valence-corrected chi connectivity index (χ2v) is 14.7. The van der Waals surface area contributed by atoms with Crippen molar-refractivity contribution in [3.63, 3.8) is 0 Å². The summed E-state index contributed by atoms with van der Waals surface area (Å²) in [6.07, 6.45) is 3.63. The molecule has 2 N–H and O–H groups in total. The number of anilines is 2. The van der Waals surface area contributed by atoms with E-state index < -0.39 is 67.7 Å². The number of carbonyl (C=O) groups excluding carboxylic acids is 2. The molecule has 21 heteroatoms. The summed E-state index contributed by atoms with van der Waals surface area (Å²) in [6.45, 7) is 0. The number of benzene rings is 4. The van der Waals surface area contributed by atoms with Crippen LogP contribution in [0.2, 0.25) is 0 Å². The molecule has 2 aliphatic rings. The summed E-state index contributed by atoms with van der Waals surface area (Å²) in [5.74, 6) is -1.74. The van der Waals surface area contributed by atoms with E-state index in [1.165, 1.54) is 18.2 Å². The van der Waals surface area contributed by atoms with Crippen LogP contribution >= 0.6 is 0 Å². The Morgan fingerprint density at radius 1 is 0.566 bits per heavy atom. The number of nitrogens with one attached hydrogen (secondary N) is 2. The molecule has 4 aromatic carbocycles. The van der Waals surface area contributed by atoms with Crippen LogP contribution in [-0.4, -0.2) is 61.9 Å². The predicted molar refractivity (Wildman–Crippen MR) is 178 cm³/mol. The van der Waals surface area contributed by atoms with Crippen LogP contribution in [0.1, 0.15) is 27.0 Å². The number of hydrogen-bond acceptors (Lipinski definition) is 15. The summed E-state index contributed by atoms with van der Waals surface area (Å²) in [6, 6.07) is 21.3. The number of hydrazone groups is 2. The maximum absolute atomic E-state index is 13.3.